The van der Waals surface area contributed by atoms with Crippen molar-refractivity contribution in [2.75, 3.05) is 25.6 Å². The highest BCUT2D eigenvalue weighted by molar-refractivity contribution is 7.87. The van der Waals surface area contributed by atoms with E-state index in [0.29, 0.717) is 0 Å². The maximum atomic E-state index is 12.6. The zero-order valence-corrected chi connectivity index (χ0v) is 19.5. The van der Waals surface area contributed by atoms with Crippen LogP contribution in [0.1, 0.15) is 13.8 Å². The van der Waals surface area contributed by atoms with E-state index >= 15 is 0 Å². The molecular formula is C21H24N4O8S. The Kier molecular flexibility index (Phi) is 9.52. The summed E-state index contributed by atoms with van der Waals surface area (Å²) in [5.41, 5.74) is 0.124. The summed E-state index contributed by atoms with van der Waals surface area (Å²) in [4.78, 5) is 39.5. The molecule has 13 heteroatoms. The van der Waals surface area contributed by atoms with E-state index in [1.807, 2.05) is 0 Å². The van der Waals surface area contributed by atoms with Crippen molar-refractivity contribution in [2.24, 2.45) is 4.99 Å². The van der Waals surface area contributed by atoms with Crippen LogP contribution in [-0.4, -0.2) is 52.6 Å². The van der Waals surface area contributed by atoms with Gasteiger partial charge in [-0.3, -0.25) is 20.2 Å². The van der Waals surface area contributed by atoms with E-state index in [4.69, 9.17) is 8.92 Å². The average molecular weight is 493 g/mol. The predicted molar refractivity (Wildman–Crippen MR) is 122 cm³/mol. The van der Waals surface area contributed by atoms with E-state index in [-0.39, 0.29) is 41.2 Å². The van der Waals surface area contributed by atoms with Crippen LogP contribution in [0, 0.1) is 0 Å². The largest absolute Gasteiger partial charge is 0.453 e. The summed E-state index contributed by atoms with van der Waals surface area (Å²) in [5, 5.41) is 7.09. The summed E-state index contributed by atoms with van der Waals surface area (Å²) in [5.74, 6) is -1.55. The van der Waals surface area contributed by atoms with Crippen molar-refractivity contribution in [3.63, 3.8) is 0 Å². The van der Waals surface area contributed by atoms with Crippen molar-refractivity contribution in [3.05, 3.63) is 48.5 Å². The first-order valence-electron chi connectivity index (χ1n) is 9.87. The molecule has 0 saturated heterocycles. The number of hydrogen-bond donors (Lipinski definition) is 3. The highest BCUT2D eigenvalue weighted by Crippen LogP contribution is 2.31. The summed E-state index contributed by atoms with van der Waals surface area (Å²) in [6.45, 7) is 2.93. The summed E-state index contributed by atoms with van der Waals surface area (Å²) in [6, 6.07) is 11.4. The first-order chi connectivity index (χ1) is 16.1. The van der Waals surface area contributed by atoms with Crippen LogP contribution in [0.3, 0.4) is 0 Å². The second-order valence-electron chi connectivity index (χ2n) is 6.47. The molecule has 2 aromatic rings. The zero-order chi connectivity index (χ0) is 25.1. The molecule has 0 fully saturated rings. The Hall–Kier alpha value is -3.97. The molecule has 2 aromatic carbocycles. The number of carbonyl (C=O) groups is 3. The molecule has 3 N–H and O–H groups in total. The Morgan fingerprint density at radius 2 is 1.74 bits per heavy atom. The standard InChI is InChI=1S/C21H24N4O8S/c1-4-32-13-19(27)24-20(25-21(28)31-3)23-18-12-15(10-11-17(18)22-14(2)26)33-34(29,30)16-8-6-5-7-9-16/h5-12H,4,13H2,1-3H3,(H,22,26)(H2,23,24,25,27,28). The van der Waals surface area contributed by atoms with Gasteiger partial charge < -0.3 is 19.0 Å². The fourth-order valence-electron chi connectivity index (χ4n) is 2.43. The van der Waals surface area contributed by atoms with E-state index in [1.165, 1.54) is 37.3 Å². The Morgan fingerprint density at radius 3 is 2.35 bits per heavy atom. The highest BCUT2D eigenvalue weighted by Gasteiger charge is 2.18. The van der Waals surface area contributed by atoms with Crippen LogP contribution in [-0.2, 0) is 29.2 Å². The minimum atomic E-state index is -4.16. The molecule has 0 spiro atoms. The molecule has 0 aliphatic rings. The minimum Gasteiger partial charge on any atom is -0.453 e. The molecule has 12 nitrogen and oxygen atoms in total. The second-order valence-corrected chi connectivity index (χ2v) is 8.02. The fraction of sp³-hybridized carbons (Fsp3) is 0.238. The Balaban J connectivity index is 2.46. The molecule has 2 rings (SSSR count). The molecule has 0 aliphatic carbocycles. The van der Waals surface area contributed by atoms with Gasteiger partial charge in [0.1, 0.15) is 17.3 Å². The number of carbonyl (C=O) groups excluding carboxylic acids is 3. The molecule has 0 aliphatic heterocycles. The van der Waals surface area contributed by atoms with E-state index in [9.17, 15) is 22.8 Å². The maximum absolute atomic E-state index is 12.6. The van der Waals surface area contributed by atoms with Gasteiger partial charge in [0.25, 0.3) is 5.91 Å². The molecule has 0 aromatic heterocycles. The number of amides is 3. The average Bonchev–Trinajstić information content (AvgIpc) is 2.79. The molecular weight excluding hydrogens is 468 g/mol. The number of hydrogen-bond acceptors (Lipinski definition) is 9. The van der Waals surface area contributed by atoms with Gasteiger partial charge in [0, 0.05) is 19.6 Å². The van der Waals surface area contributed by atoms with Gasteiger partial charge in [-0.25, -0.2) is 9.79 Å². The van der Waals surface area contributed by atoms with E-state index in [2.05, 4.69) is 25.7 Å². The molecule has 3 amide bonds. The summed E-state index contributed by atoms with van der Waals surface area (Å²) >= 11 is 0. The lowest BCUT2D eigenvalue weighted by Crippen LogP contribution is -2.45. The number of nitrogens with one attached hydrogen (secondary N) is 3. The van der Waals surface area contributed by atoms with Gasteiger partial charge in [-0.2, -0.15) is 8.42 Å². The lowest BCUT2D eigenvalue weighted by atomic mass is 10.2. The normalized spacial score (nSPS) is 11.3. The molecule has 0 heterocycles. The van der Waals surface area contributed by atoms with Gasteiger partial charge in [0.2, 0.25) is 11.9 Å². The Labute approximate surface area is 196 Å². The van der Waals surface area contributed by atoms with Gasteiger partial charge in [-0.15, -0.1) is 0 Å². The molecule has 0 atom stereocenters. The quantitative estimate of drug-likeness (QED) is 0.286. The third kappa shape index (κ3) is 8.18. The topological polar surface area (TPSA) is 161 Å². The number of rotatable bonds is 8. The van der Waals surface area contributed by atoms with Crippen LogP contribution in [0.5, 0.6) is 5.75 Å². The van der Waals surface area contributed by atoms with E-state index < -0.39 is 28.0 Å². The number of guanidine groups is 1. The maximum Gasteiger partial charge on any atom is 0.413 e. The summed E-state index contributed by atoms with van der Waals surface area (Å²) in [6.07, 6.45) is -0.935. The van der Waals surface area contributed by atoms with Crippen LogP contribution in [0.15, 0.2) is 58.4 Å². The van der Waals surface area contributed by atoms with E-state index in [0.717, 1.165) is 7.11 Å². The SMILES string of the molecule is CCOCC(=O)NC(=Nc1cc(OS(=O)(=O)c2ccccc2)ccc1NC(C)=O)NC(=O)OC. The van der Waals surface area contributed by atoms with Crippen molar-refractivity contribution in [2.45, 2.75) is 18.7 Å². The first kappa shape index (κ1) is 26.3. The minimum absolute atomic E-state index is 0.0286. The molecule has 182 valence electrons. The van der Waals surface area contributed by atoms with Gasteiger partial charge in [0.15, 0.2) is 0 Å². The van der Waals surface area contributed by atoms with Gasteiger partial charge in [0.05, 0.1) is 18.5 Å². The number of ether oxygens (including phenoxy) is 2. The summed E-state index contributed by atoms with van der Waals surface area (Å²) < 4.78 is 39.8. The Bertz CT molecular complexity index is 1170. The number of aliphatic imine (C=N–C) groups is 1. The number of nitrogens with zero attached hydrogens (tertiary/aromatic N) is 1. The van der Waals surface area contributed by atoms with Crippen molar-refractivity contribution in [3.8, 4) is 5.75 Å². The number of benzene rings is 2. The molecule has 0 bridgehead atoms. The van der Waals surface area contributed by atoms with E-state index in [1.54, 1.807) is 25.1 Å². The lowest BCUT2D eigenvalue weighted by molar-refractivity contribution is -0.124. The smallest absolute Gasteiger partial charge is 0.413 e. The molecule has 0 saturated carbocycles. The van der Waals surface area contributed by atoms with Gasteiger partial charge in [-0.1, -0.05) is 18.2 Å². The van der Waals surface area contributed by atoms with Crippen molar-refractivity contribution < 1.29 is 36.5 Å². The van der Waals surface area contributed by atoms with Crippen molar-refractivity contribution in [1.29, 1.82) is 0 Å². The fourth-order valence-corrected chi connectivity index (χ4v) is 3.38. The predicted octanol–water partition coefficient (Wildman–Crippen LogP) is 1.91. The third-order valence-electron chi connectivity index (χ3n) is 3.85. The van der Waals surface area contributed by atoms with Gasteiger partial charge in [-0.05, 0) is 31.2 Å². The summed E-state index contributed by atoms with van der Waals surface area (Å²) in [7, 11) is -3.05. The highest BCUT2D eigenvalue weighted by atomic mass is 32.2. The van der Waals surface area contributed by atoms with Crippen LogP contribution >= 0.6 is 0 Å². The number of alkyl carbamates (subject to hydrolysis) is 1. The van der Waals surface area contributed by atoms with Crippen molar-refractivity contribution >= 4 is 45.4 Å². The lowest BCUT2D eigenvalue weighted by Gasteiger charge is -2.13. The third-order valence-corrected chi connectivity index (χ3v) is 5.11. The number of methoxy groups -OCH3 is 1. The number of anilines is 1. The molecule has 0 radical (unpaired) electrons. The second kappa shape index (κ2) is 12.3. The van der Waals surface area contributed by atoms with Crippen LogP contribution in [0.4, 0.5) is 16.2 Å². The monoisotopic (exact) mass is 492 g/mol. The van der Waals surface area contributed by atoms with Crippen LogP contribution in [0.25, 0.3) is 0 Å². The zero-order valence-electron chi connectivity index (χ0n) is 18.7. The van der Waals surface area contributed by atoms with Crippen LogP contribution in [0.2, 0.25) is 0 Å². The molecule has 0 unspecified atom stereocenters. The van der Waals surface area contributed by atoms with Crippen LogP contribution < -0.4 is 20.1 Å². The van der Waals surface area contributed by atoms with Gasteiger partial charge >= 0.3 is 16.2 Å². The van der Waals surface area contributed by atoms with Crippen molar-refractivity contribution in [1.82, 2.24) is 10.6 Å². The Morgan fingerprint density at radius 1 is 1.03 bits per heavy atom. The first-order valence-corrected chi connectivity index (χ1v) is 11.3. The molecule has 34 heavy (non-hydrogen) atoms.